The molecule has 0 saturated heterocycles. The molecular formula is C12H14BrNO3. The van der Waals surface area contributed by atoms with Crippen LogP contribution in [-0.4, -0.2) is 10.7 Å². The summed E-state index contributed by atoms with van der Waals surface area (Å²) in [7, 11) is 0. The van der Waals surface area contributed by atoms with Crippen LogP contribution in [0.4, 0.5) is 5.69 Å². The van der Waals surface area contributed by atoms with Crippen LogP contribution in [0, 0.1) is 22.5 Å². The van der Waals surface area contributed by atoms with Crippen molar-refractivity contribution < 1.29 is 9.72 Å². The number of nitro benzene ring substituents is 1. The number of benzene rings is 1. The van der Waals surface area contributed by atoms with Crippen molar-refractivity contribution in [3.63, 3.8) is 0 Å². The Morgan fingerprint density at radius 2 is 1.88 bits per heavy atom. The number of halogens is 1. The Bertz CT molecular complexity index is 489. The van der Waals surface area contributed by atoms with Crippen LogP contribution in [0.3, 0.4) is 0 Å². The zero-order chi connectivity index (χ0) is 13.4. The van der Waals surface area contributed by atoms with Gasteiger partial charge in [0.05, 0.1) is 4.92 Å². The number of rotatable bonds is 2. The summed E-state index contributed by atoms with van der Waals surface area (Å²) in [5.41, 5.74) is 0.503. The van der Waals surface area contributed by atoms with Crippen LogP contribution < -0.4 is 0 Å². The second-order valence-electron chi connectivity index (χ2n) is 4.94. The summed E-state index contributed by atoms with van der Waals surface area (Å²) in [6.07, 6.45) is 0. The average Bonchev–Trinajstić information content (AvgIpc) is 2.19. The first-order chi connectivity index (χ1) is 7.64. The van der Waals surface area contributed by atoms with E-state index in [9.17, 15) is 14.9 Å². The minimum atomic E-state index is -0.556. The third-order valence-electron chi connectivity index (χ3n) is 2.47. The second-order valence-corrected chi connectivity index (χ2v) is 5.79. The Balaban J connectivity index is 3.43. The van der Waals surface area contributed by atoms with E-state index in [-0.39, 0.29) is 11.5 Å². The van der Waals surface area contributed by atoms with Gasteiger partial charge in [0.15, 0.2) is 5.78 Å². The summed E-state index contributed by atoms with van der Waals surface area (Å²) in [5, 5.41) is 10.8. The van der Waals surface area contributed by atoms with Gasteiger partial charge in [-0.2, -0.15) is 0 Å². The van der Waals surface area contributed by atoms with Crippen molar-refractivity contribution in [2.75, 3.05) is 0 Å². The van der Waals surface area contributed by atoms with Gasteiger partial charge in [0, 0.05) is 27.6 Å². The van der Waals surface area contributed by atoms with Crippen LogP contribution >= 0.6 is 15.9 Å². The molecule has 4 nitrogen and oxygen atoms in total. The van der Waals surface area contributed by atoms with E-state index >= 15 is 0 Å². The van der Waals surface area contributed by atoms with Crippen molar-refractivity contribution in [1.82, 2.24) is 0 Å². The molecule has 0 spiro atoms. The van der Waals surface area contributed by atoms with Gasteiger partial charge in [-0.1, -0.05) is 36.7 Å². The summed E-state index contributed by atoms with van der Waals surface area (Å²) in [6.45, 7) is 7.15. The Hall–Kier alpha value is -1.23. The molecule has 0 amide bonds. The summed E-state index contributed by atoms with van der Waals surface area (Å²) >= 11 is 3.24. The fourth-order valence-electron chi connectivity index (χ4n) is 1.41. The van der Waals surface area contributed by atoms with Crippen LogP contribution in [0.2, 0.25) is 0 Å². The van der Waals surface area contributed by atoms with Crippen molar-refractivity contribution in [1.29, 1.82) is 0 Å². The molecule has 0 saturated carbocycles. The number of nitro groups is 1. The van der Waals surface area contributed by atoms with E-state index in [4.69, 9.17) is 0 Å². The molecule has 0 aliphatic rings. The zero-order valence-corrected chi connectivity index (χ0v) is 11.8. The van der Waals surface area contributed by atoms with Gasteiger partial charge in [-0.25, -0.2) is 0 Å². The van der Waals surface area contributed by atoms with Crippen molar-refractivity contribution in [2.45, 2.75) is 27.7 Å². The lowest BCUT2D eigenvalue weighted by Gasteiger charge is -2.18. The van der Waals surface area contributed by atoms with E-state index in [1.54, 1.807) is 27.7 Å². The van der Waals surface area contributed by atoms with Crippen molar-refractivity contribution in [3.8, 4) is 0 Å². The van der Waals surface area contributed by atoms with Crippen LogP contribution in [0.25, 0.3) is 0 Å². The molecule has 0 N–H and O–H groups in total. The molecular weight excluding hydrogens is 286 g/mol. The molecule has 0 fully saturated rings. The number of carbonyl (C=O) groups is 1. The molecule has 0 atom stereocenters. The Labute approximate surface area is 108 Å². The number of hydrogen-bond acceptors (Lipinski definition) is 3. The molecule has 1 aromatic carbocycles. The third kappa shape index (κ3) is 2.91. The monoisotopic (exact) mass is 299 g/mol. The molecule has 0 radical (unpaired) electrons. The smallest absolute Gasteiger partial charge is 0.271 e. The number of hydrogen-bond donors (Lipinski definition) is 0. The lowest BCUT2D eigenvalue weighted by molar-refractivity contribution is -0.385. The first-order valence-electron chi connectivity index (χ1n) is 5.14. The molecule has 0 aromatic heterocycles. The fourth-order valence-corrected chi connectivity index (χ4v) is 1.86. The number of ketones is 1. The maximum atomic E-state index is 12.2. The van der Waals surface area contributed by atoms with Gasteiger partial charge >= 0.3 is 0 Å². The average molecular weight is 300 g/mol. The summed E-state index contributed by atoms with van der Waals surface area (Å²) in [4.78, 5) is 22.4. The van der Waals surface area contributed by atoms with E-state index in [0.29, 0.717) is 10.0 Å². The molecule has 1 aromatic rings. The first-order valence-corrected chi connectivity index (χ1v) is 5.93. The molecule has 1 rings (SSSR count). The molecule has 0 aliphatic heterocycles. The third-order valence-corrected chi connectivity index (χ3v) is 3.29. The Kier molecular flexibility index (Phi) is 3.71. The van der Waals surface area contributed by atoms with Crippen LogP contribution in [-0.2, 0) is 0 Å². The fraction of sp³-hybridized carbons (Fsp3) is 0.417. The van der Waals surface area contributed by atoms with Gasteiger partial charge in [0.1, 0.15) is 0 Å². The maximum absolute atomic E-state index is 12.2. The molecule has 17 heavy (non-hydrogen) atoms. The highest BCUT2D eigenvalue weighted by molar-refractivity contribution is 9.10. The van der Waals surface area contributed by atoms with E-state index in [1.807, 2.05) is 0 Å². The number of non-ortho nitro benzene ring substituents is 1. The van der Waals surface area contributed by atoms with E-state index in [1.165, 1.54) is 12.1 Å². The number of nitrogens with zero attached hydrogens (tertiary/aromatic N) is 1. The molecule has 0 aliphatic carbocycles. The van der Waals surface area contributed by atoms with Gasteiger partial charge in [-0.05, 0) is 12.5 Å². The van der Waals surface area contributed by atoms with Crippen molar-refractivity contribution in [3.05, 3.63) is 37.8 Å². The quantitative estimate of drug-likeness (QED) is 0.473. The largest absolute Gasteiger partial charge is 0.294 e. The van der Waals surface area contributed by atoms with Gasteiger partial charge in [-0.15, -0.1) is 0 Å². The number of Topliss-reactive ketones (excluding diaryl/α,β-unsaturated/α-hetero) is 1. The summed E-state index contributed by atoms with van der Waals surface area (Å²) in [6, 6.07) is 2.75. The van der Waals surface area contributed by atoms with Crippen LogP contribution in [0.5, 0.6) is 0 Å². The maximum Gasteiger partial charge on any atom is 0.271 e. The van der Waals surface area contributed by atoms with Crippen molar-refractivity contribution in [2.24, 2.45) is 5.41 Å². The van der Waals surface area contributed by atoms with Gasteiger partial charge in [-0.3, -0.25) is 14.9 Å². The molecule has 0 unspecified atom stereocenters. The summed E-state index contributed by atoms with van der Waals surface area (Å²) in [5.74, 6) is -0.0978. The van der Waals surface area contributed by atoms with Crippen molar-refractivity contribution >= 4 is 27.4 Å². The predicted molar refractivity (Wildman–Crippen MR) is 69.3 cm³/mol. The van der Waals surface area contributed by atoms with Crippen LogP contribution in [0.1, 0.15) is 36.7 Å². The van der Waals surface area contributed by atoms with Gasteiger partial charge in [0.2, 0.25) is 0 Å². The second kappa shape index (κ2) is 4.56. The Morgan fingerprint density at radius 1 is 1.35 bits per heavy atom. The SMILES string of the molecule is Cc1c(Br)cc([N+](=O)[O-])cc1C(=O)C(C)(C)C. The Morgan fingerprint density at radius 3 is 2.29 bits per heavy atom. The van der Waals surface area contributed by atoms with E-state index in [0.717, 1.165) is 5.56 Å². The van der Waals surface area contributed by atoms with E-state index in [2.05, 4.69) is 15.9 Å². The van der Waals surface area contributed by atoms with Gasteiger partial charge in [0.25, 0.3) is 5.69 Å². The normalized spacial score (nSPS) is 11.4. The zero-order valence-electron chi connectivity index (χ0n) is 10.2. The standard InChI is InChI=1S/C12H14BrNO3/c1-7-9(11(15)12(2,3)4)5-8(14(16)17)6-10(7)13/h5-6H,1-4H3. The number of carbonyl (C=O) groups excluding carboxylic acids is 1. The predicted octanol–water partition coefficient (Wildman–Crippen LogP) is 3.89. The minimum absolute atomic E-state index is 0.0740. The lowest BCUT2D eigenvalue weighted by Crippen LogP contribution is -2.21. The van der Waals surface area contributed by atoms with Gasteiger partial charge < -0.3 is 0 Å². The highest BCUT2D eigenvalue weighted by atomic mass is 79.9. The topological polar surface area (TPSA) is 60.2 Å². The molecule has 0 bridgehead atoms. The van der Waals surface area contributed by atoms with Crippen LogP contribution in [0.15, 0.2) is 16.6 Å². The molecule has 92 valence electrons. The first kappa shape index (κ1) is 13.8. The molecule has 5 heteroatoms. The minimum Gasteiger partial charge on any atom is -0.294 e. The highest BCUT2D eigenvalue weighted by Gasteiger charge is 2.26. The lowest BCUT2D eigenvalue weighted by atomic mass is 9.85. The molecule has 0 heterocycles. The summed E-state index contributed by atoms with van der Waals surface area (Å²) < 4.78 is 0.583. The highest BCUT2D eigenvalue weighted by Crippen LogP contribution is 2.30. The van der Waals surface area contributed by atoms with E-state index < -0.39 is 10.3 Å².